The smallest absolute Gasteiger partial charge is 0.0731 e. The summed E-state index contributed by atoms with van der Waals surface area (Å²) in [4.78, 5) is 2.46. The van der Waals surface area contributed by atoms with Gasteiger partial charge in [0.15, 0.2) is 0 Å². The Bertz CT molecular complexity index is 593. The number of hydrogen-bond donors (Lipinski definition) is 0. The van der Waals surface area contributed by atoms with Gasteiger partial charge < -0.3 is 4.74 Å². The normalized spacial score (nSPS) is 13.6. The predicted molar refractivity (Wildman–Crippen MR) is 86.3 cm³/mol. The lowest BCUT2D eigenvalue weighted by molar-refractivity contribution is 0.134. The van der Waals surface area contributed by atoms with Gasteiger partial charge in [-0.1, -0.05) is 38.1 Å². The molecule has 0 atom stereocenters. The Balaban J connectivity index is 0.00000147. The second-order valence-electron chi connectivity index (χ2n) is 5.17. The number of rotatable bonds is 4. The van der Waals surface area contributed by atoms with E-state index in [1.54, 1.807) is 0 Å². The minimum atomic E-state index is 0. The number of fused-ring (bicyclic) bond motifs is 3. The van der Waals surface area contributed by atoms with Crippen LogP contribution in [-0.4, -0.2) is 18.0 Å². The summed E-state index contributed by atoms with van der Waals surface area (Å²) >= 11 is 0. The first-order valence-corrected chi connectivity index (χ1v) is 7.16. The van der Waals surface area contributed by atoms with Gasteiger partial charge >= 0.3 is 0 Å². The fourth-order valence-corrected chi connectivity index (χ4v) is 2.96. The van der Waals surface area contributed by atoms with E-state index in [9.17, 15) is 0 Å². The minimum absolute atomic E-state index is 0. The van der Waals surface area contributed by atoms with Crippen LogP contribution in [0.3, 0.4) is 0 Å². The van der Waals surface area contributed by atoms with Crippen molar-refractivity contribution in [3.63, 3.8) is 0 Å². The van der Waals surface area contributed by atoms with Crippen LogP contribution in [0.5, 0.6) is 0 Å². The topological polar surface area (TPSA) is 12.5 Å². The van der Waals surface area contributed by atoms with E-state index in [2.05, 4.69) is 49.1 Å². The summed E-state index contributed by atoms with van der Waals surface area (Å²) in [5, 5.41) is 2.70. The summed E-state index contributed by atoms with van der Waals surface area (Å²) in [5.74, 6) is 0. The third-order valence-corrected chi connectivity index (χ3v) is 4.15. The third kappa shape index (κ3) is 2.69. The van der Waals surface area contributed by atoms with Crippen molar-refractivity contribution in [3.05, 3.63) is 47.0 Å². The zero-order valence-corrected chi connectivity index (χ0v) is 13.0. The SMILES string of the molecule is CCN(CC)Cc1cc2ccccc2c2c1COC2.Cl. The molecule has 1 aliphatic rings. The molecule has 0 N–H and O–H groups in total. The fourth-order valence-electron chi connectivity index (χ4n) is 2.96. The van der Waals surface area contributed by atoms with E-state index in [1.807, 2.05) is 0 Å². The molecule has 0 saturated heterocycles. The molecule has 0 amide bonds. The molecular formula is C17H22ClNO. The Morgan fingerprint density at radius 1 is 1.05 bits per heavy atom. The second kappa shape index (κ2) is 6.57. The van der Waals surface area contributed by atoms with Crippen molar-refractivity contribution in [3.8, 4) is 0 Å². The maximum absolute atomic E-state index is 5.69. The molecule has 0 bridgehead atoms. The molecule has 0 aromatic heterocycles. The van der Waals surface area contributed by atoms with Crippen molar-refractivity contribution >= 4 is 23.2 Å². The molecule has 0 radical (unpaired) electrons. The van der Waals surface area contributed by atoms with Gasteiger partial charge in [0.2, 0.25) is 0 Å². The number of hydrogen-bond acceptors (Lipinski definition) is 2. The molecule has 0 spiro atoms. The summed E-state index contributed by atoms with van der Waals surface area (Å²) in [7, 11) is 0. The van der Waals surface area contributed by atoms with E-state index in [0.29, 0.717) is 0 Å². The molecular weight excluding hydrogens is 270 g/mol. The summed E-state index contributed by atoms with van der Waals surface area (Å²) in [6, 6.07) is 11.0. The zero-order chi connectivity index (χ0) is 13.2. The highest BCUT2D eigenvalue weighted by Gasteiger charge is 2.19. The Labute approximate surface area is 127 Å². The van der Waals surface area contributed by atoms with Crippen LogP contribution in [0, 0.1) is 0 Å². The molecule has 1 aliphatic heterocycles. The van der Waals surface area contributed by atoms with Crippen molar-refractivity contribution in [2.45, 2.75) is 33.6 Å². The van der Waals surface area contributed by atoms with Gasteiger partial charge in [0.25, 0.3) is 0 Å². The molecule has 2 aromatic carbocycles. The Kier molecular flexibility index (Phi) is 5.03. The summed E-state index contributed by atoms with van der Waals surface area (Å²) in [6.07, 6.45) is 0. The average molecular weight is 292 g/mol. The van der Waals surface area contributed by atoms with E-state index in [1.165, 1.54) is 27.5 Å². The molecule has 1 heterocycles. The van der Waals surface area contributed by atoms with Crippen LogP contribution >= 0.6 is 12.4 Å². The van der Waals surface area contributed by atoms with Crippen LogP contribution in [0.2, 0.25) is 0 Å². The van der Waals surface area contributed by atoms with Crippen LogP contribution < -0.4 is 0 Å². The van der Waals surface area contributed by atoms with Gasteiger partial charge in [-0.05, 0) is 46.6 Å². The maximum Gasteiger partial charge on any atom is 0.0731 e. The van der Waals surface area contributed by atoms with Gasteiger partial charge in [-0.2, -0.15) is 0 Å². The lowest BCUT2D eigenvalue weighted by Gasteiger charge is -2.20. The van der Waals surface area contributed by atoms with Gasteiger partial charge in [0.05, 0.1) is 13.2 Å². The van der Waals surface area contributed by atoms with Crippen LogP contribution in [0.4, 0.5) is 0 Å². The van der Waals surface area contributed by atoms with E-state index < -0.39 is 0 Å². The Morgan fingerprint density at radius 3 is 2.50 bits per heavy atom. The molecule has 3 rings (SSSR count). The largest absolute Gasteiger partial charge is 0.372 e. The van der Waals surface area contributed by atoms with Crippen molar-refractivity contribution in [2.75, 3.05) is 13.1 Å². The standard InChI is InChI=1S/C17H21NO.ClH/c1-3-18(4-2)10-14-9-13-7-5-6-8-15(13)17-12-19-11-16(14)17;/h5-9H,3-4,10-12H2,1-2H3;1H. The molecule has 2 aromatic rings. The molecule has 0 saturated carbocycles. The molecule has 20 heavy (non-hydrogen) atoms. The molecule has 3 heteroatoms. The fraction of sp³-hybridized carbons (Fsp3) is 0.412. The Hall–Kier alpha value is -1.09. The van der Waals surface area contributed by atoms with E-state index >= 15 is 0 Å². The summed E-state index contributed by atoms with van der Waals surface area (Å²) < 4.78 is 5.69. The summed E-state index contributed by atoms with van der Waals surface area (Å²) in [5.41, 5.74) is 4.26. The highest BCUT2D eigenvalue weighted by atomic mass is 35.5. The first kappa shape index (κ1) is 15.3. The number of halogens is 1. The zero-order valence-electron chi connectivity index (χ0n) is 12.2. The van der Waals surface area contributed by atoms with Crippen molar-refractivity contribution in [2.24, 2.45) is 0 Å². The highest BCUT2D eigenvalue weighted by molar-refractivity contribution is 5.88. The number of nitrogens with zero attached hydrogens (tertiary/aromatic N) is 1. The second-order valence-corrected chi connectivity index (χ2v) is 5.17. The van der Waals surface area contributed by atoms with Gasteiger partial charge in [-0.25, -0.2) is 0 Å². The molecule has 0 unspecified atom stereocenters. The lowest BCUT2D eigenvalue weighted by atomic mass is 9.95. The van der Waals surface area contributed by atoms with Crippen LogP contribution in [0.15, 0.2) is 30.3 Å². The first-order valence-electron chi connectivity index (χ1n) is 7.16. The van der Waals surface area contributed by atoms with Crippen LogP contribution in [0.25, 0.3) is 10.8 Å². The number of benzene rings is 2. The third-order valence-electron chi connectivity index (χ3n) is 4.15. The molecule has 108 valence electrons. The highest BCUT2D eigenvalue weighted by Crippen LogP contribution is 2.32. The van der Waals surface area contributed by atoms with Gasteiger partial charge in [0.1, 0.15) is 0 Å². The molecule has 0 aliphatic carbocycles. The predicted octanol–water partition coefficient (Wildman–Crippen LogP) is 4.13. The van der Waals surface area contributed by atoms with Gasteiger partial charge in [-0.15, -0.1) is 12.4 Å². The van der Waals surface area contributed by atoms with E-state index in [0.717, 1.165) is 32.8 Å². The first-order chi connectivity index (χ1) is 9.33. The minimum Gasteiger partial charge on any atom is -0.372 e. The summed E-state index contributed by atoms with van der Waals surface area (Å²) in [6.45, 7) is 9.21. The van der Waals surface area contributed by atoms with Crippen molar-refractivity contribution < 1.29 is 4.74 Å². The van der Waals surface area contributed by atoms with Crippen molar-refractivity contribution in [1.82, 2.24) is 4.90 Å². The lowest BCUT2D eigenvalue weighted by Crippen LogP contribution is -2.22. The van der Waals surface area contributed by atoms with Crippen molar-refractivity contribution in [1.29, 1.82) is 0 Å². The quantitative estimate of drug-likeness (QED) is 0.840. The van der Waals surface area contributed by atoms with Crippen LogP contribution in [-0.2, 0) is 24.5 Å². The molecule has 0 fully saturated rings. The average Bonchev–Trinajstić information content (AvgIpc) is 2.94. The maximum atomic E-state index is 5.69. The van der Waals surface area contributed by atoms with Gasteiger partial charge in [0, 0.05) is 6.54 Å². The van der Waals surface area contributed by atoms with Crippen LogP contribution in [0.1, 0.15) is 30.5 Å². The Morgan fingerprint density at radius 2 is 1.75 bits per heavy atom. The molecule has 2 nitrogen and oxygen atoms in total. The number of ether oxygens (including phenoxy) is 1. The van der Waals surface area contributed by atoms with E-state index in [-0.39, 0.29) is 12.4 Å². The van der Waals surface area contributed by atoms with Gasteiger partial charge in [-0.3, -0.25) is 4.90 Å². The monoisotopic (exact) mass is 291 g/mol. The van der Waals surface area contributed by atoms with E-state index in [4.69, 9.17) is 4.74 Å².